The number of piperazine rings is 1. The fourth-order valence-electron chi connectivity index (χ4n) is 2.77. The van der Waals surface area contributed by atoms with Gasteiger partial charge in [0, 0.05) is 31.7 Å². The Labute approximate surface area is 119 Å². The monoisotopic (exact) mass is 268 g/mol. The second kappa shape index (κ2) is 5.63. The van der Waals surface area contributed by atoms with Crippen molar-refractivity contribution < 1.29 is 4.79 Å². The van der Waals surface area contributed by atoms with E-state index in [0.717, 1.165) is 43.7 Å². The van der Waals surface area contributed by atoms with Crippen LogP contribution >= 0.6 is 0 Å². The first-order valence-corrected chi connectivity index (χ1v) is 7.28. The van der Waals surface area contributed by atoms with E-state index in [4.69, 9.17) is 0 Å². The van der Waals surface area contributed by atoms with Crippen molar-refractivity contribution in [1.82, 2.24) is 9.80 Å². The molecule has 0 N–H and O–H groups in total. The standard InChI is InChI=1S/C17H20N2O/c1-2-18-9-11-19(12-10-18)17(20)16-8-7-14-5-3-4-6-15(14)13-16/h3-8,13H,2,9-12H2,1H3. The van der Waals surface area contributed by atoms with Gasteiger partial charge in [0.1, 0.15) is 0 Å². The average Bonchev–Trinajstić information content (AvgIpc) is 2.54. The number of likely N-dealkylation sites (N-methyl/N-ethyl adjacent to an activating group) is 1. The number of hydrogen-bond acceptors (Lipinski definition) is 2. The lowest BCUT2D eigenvalue weighted by Gasteiger charge is -2.34. The van der Waals surface area contributed by atoms with Crippen LogP contribution in [-0.2, 0) is 0 Å². The lowest BCUT2D eigenvalue weighted by molar-refractivity contribution is 0.0643. The molecule has 0 atom stereocenters. The molecule has 1 amide bonds. The Morgan fingerprint density at radius 1 is 1.00 bits per heavy atom. The molecule has 104 valence electrons. The highest BCUT2D eigenvalue weighted by Crippen LogP contribution is 2.17. The summed E-state index contributed by atoms with van der Waals surface area (Å²) in [4.78, 5) is 16.9. The van der Waals surface area contributed by atoms with E-state index in [2.05, 4.69) is 24.0 Å². The van der Waals surface area contributed by atoms with Crippen molar-refractivity contribution in [2.45, 2.75) is 6.92 Å². The van der Waals surface area contributed by atoms with Gasteiger partial charge in [0.05, 0.1) is 0 Å². The Bertz CT molecular complexity index is 615. The molecule has 1 aliphatic rings. The predicted octanol–water partition coefficient (Wildman–Crippen LogP) is 2.62. The second-order valence-electron chi connectivity index (χ2n) is 5.29. The zero-order chi connectivity index (χ0) is 13.9. The largest absolute Gasteiger partial charge is 0.336 e. The molecule has 3 heteroatoms. The molecule has 2 aromatic carbocycles. The van der Waals surface area contributed by atoms with Crippen LogP contribution in [0.4, 0.5) is 0 Å². The van der Waals surface area contributed by atoms with Crippen molar-refractivity contribution in [2.24, 2.45) is 0 Å². The van der Waals surface area contributed by atoms with Crippen LogP contribution in [0.25, 0.3) is 10.8 Å². The topological polar surface area (TPSA) is 23.6 Å². The quantitative estimate of drug-likeness (QED) is 0.836. The molecule has 2 aromatic rings. The molecule has 0 spiro atoms. The molecule has 1 saturated heterocycles. The minimum Gasteiger partial charge on any atom is -0.336 e. The van der Waals surface area contributed by atoms with Crippen LogP contribution in [0.2, 0.25) is 0 Å². The van der Waals surface area contributed by atoms with Crippen LogP contribution in [0.3, 0.4) is 0 Å². The van der Waals surface area contributed by atoms with Gasteiger partial charge in [0.25, 0.3) is 5.91 Å². The molecular formula is C17H20N2O. The van der Waals surface area contributed by atoms with Crippen molar-refractivity contribution in [1.29, 1.82) is 0 Å². The molecule has 1 fully saturated rings. The fraction of sp³-hybridized carbons (Fsp3) is 0.353. The van der Waals surface area contributed by atoms with E-state index < -0.39 is 0 Å². The third-order valence-corrected chi connectivity index (χ3v) is 4.10. The smallest absolute Gasteiger partial charge is 0.253 e. The van der Waals surface area contributed by atoms with E-state index in [-0.39, 0.29) is 5.91 Å². The zero-order valence-corrected chi connectivity index (χ0v) is 11.9. The first kappa shape index (κ1) is 13.1. The van der Waals surface area contributed by atoms with Gasteiger partial charge in [-0.05, 0) is 29.4 Å². The molecule has 0 unspecified atom stereocenters. The number of rotatable bonds is 2. The van der Waals surface area contributed by atoms with Crippen molar-refractivity contribution in [3.05, 3.63) is 48.0 Å². The third kappa shape index (κ3) is 2.54. The lowest BCUT2D eigenvalue weighted by Crippen LogP contribution is -2.48. The van der Waals surface area contributed by atoms with Crippen molar-refractivity contribution in [3.63, 3.8) is 0 Å². The molecule has 0 aromatic heterocycles. The van der Waals surface area contributed by atoms with Gasteiger partial charge in [-0.1, -0.05) is 37.3 Å². The van der Waals surface area contributed by atoms with E-state index in [0.29, 0.717) is 0 Å². The molecular weight excluding hydrogens is 248 g/mol. The van der Waals surface area contributed by atoms with Gasteiger partial charge in [-0.2, -0.15) is 0 Å². The maximum Gasteiger partial charge on any atom is 0.253 e. The van der Waals surface area contributed by atoms with Gasteiger partial charge in [-0.3, -0.25) is 4.79 Å². The summed E-state index contributed by atoms with van der Waals surface area (Å²) in [5, 5.41) is 2.31. The van der Waals surface area contributed by atoms with E-state index >= 15 is 0 Å². The normalized spacial score (nSPS) is 16.6. The summed E-state index contributed by atoms with van der Waals surface area (Å²) in [7, 11) is 0. The summed E-state index contributed by atoms with van der Waals surface area (Å²) < 4.78 is 0. The molecule has 1 heterocycles. The molecule has 0 aliphatic carbocycles. The van der Waals surface area contributed by atoms with Crippen molar-refractivity contribution in [2.75, 3.05) is 32.7 Å². The molecule has 3 nitrogen and oxygen atoms in total. The highest BCUT2D eigenvalue weighted by molar-refractivity contribution is 5.98. The number of fused-ring (bicyclic) bond motifs is 1. The Morgan fingerprint density at radius 2 is 1.70 bits per heavy atom. The maximum absolute atomic E-state index is 12.5. The molecule has 0 bridgehead atoms. The average molecular weight is 268 g/mol. The van der Waals surface area contributed by atoms with Gasteiger partial charge in [-0.15, -0.1) is 0 Å². The van der Waals surface area contributed by atoms with Crippen LogP contribution in [0.1, 0.15) is 17.3 Å². The van der Waals surface area contributed by atoms with Gasteiger partial charge in [-0.25, -0.2) is 0 Å². The highest BCUT2D eigenvalue weighted by atomic mass is 16.2. The Balaban J connectivity index is 1.79. The molecule has 1 aliphatic heterocycles. The molecule has 0 radical (unpaired) electrons. The number of carbonyl (C=O) groups is 1. The summed E-state index contributed by atoms with van der Waals surface area (Å²) in [6, 6.07) is 14.1. The zero-order valence-electron chi connectivity index (χ0n) is 11.9. The van der Waals surface area contributed by atoms with Gasteiger partial charge < -0.3 is 9.80 Å². The summed E-state index contributed by atoms with van der Waals surface area (Å²) >= 11 is 0. The Kier molecular flexibility index (Phi) is 3.70. The Hall–Kier alpha value is -1.87. The first-order chi connectivity index (χ1) is 9.78. The third-order valence-electron chi connectivity index (χ3n) is 4.10. The molecule has 3 rings (SSSR count). The minimum absolute atomic E-state index is 0.159. The molecule has 0 saturated carbocycles. The fourth-order valence-corrected chi connectivity index (χ4v) is 2.77. The molecule has 20 heavy (non-hydrogen) atoms. The maximum atomic E-state index is 12.5. The van der Waals surface area contributed by atoms with E-state index in [1.54, 1.807) is 0 Å². The van der Waals surface area contributed by atoms with Crippen LogP contribution in [0.15, 0.2) is 42.5 Å². The van der Waals surface area contributed by atoms with Gasteiger partial charge in [0.2, 0.25) is 0 Å². The van der Waals surface area contributed by atoms with Crippen LogP contribution in [-0.4, -0.2) is 48.4 Å². The Morgan fingerprint density at radius 3 is 2.40 bits per heavy atom. The van der Waals surface area contributed by atoms with Crippen molar-refractivity contribution >= 4 is 16.7 Å². The van der Waals surface area contributed by atoms with E-state index in [9.17, 15) is 4.79 Å². The van der Waals surface area contributed by atoms with E-state index in [1.807, 2.05) is 35.2 Å². The highest BCUT2D eigenvalue weighted by Gasteiger charge is 2.21. The lowest BCUT2D eigenvalue weighted by atomic mass is 10.1. The summed E-state index contributed by atoms with van der Waals surface area (Å²) in [6.07, 6.45) is 0. The number of carbonyl (C=O) groups excluding carboxylic acids is 1. The number of hydrogen-bond donors (Lipinski definition) is 0. The number of nitrogens with zero attached hydrogens (tertiary/aromatic N) is 2. The summed E-state index contributed by atoms with van der Waals surface area (Å²) in [5.41, 5.74) is 0.800. The number of amides is 1. The minimum atomic E-state index is 0.159. The van der Waals surface area contributed by atoms with Crippen LogP contribution in [0.5, 0.6) is 0 Å². The first-order valence-electron chi connectivity index (χ1n) is 7.28. The van der Waals surface area contributed by atoms with Gasteiger partial charge >= 0.3 is 0 Å². The summed E-state index contributed by atoms with van der Waals surface area (Å²) in [5.74, 6) is 0.159. The summed E-state index contributed by atoms with van der Waals surface area (Å²) in [6.45, 7) is 6.86. The van der Waals surface area contributed by atoms with Crippen molar-refractivity contribution in [3.8, 4) is 0 Å². The van der Waals surface area contributed by atoms with Gasteiger partial charge in [0.15, 0.2) is 0 Å². The van der Waals surface area contributed by atoms with Crippen LogP contribution < -0.4 is 0 Å². The SMILES string of the molecule is CCN1CCN(C(=O)c2ccc3ccccc3c2)CC1. The number of benzene rings is 2. The van der Waals surface area contributed by atoms with Crippen LogP contribution in [0, 0.1) is 0 Å². The van der Waals surface area contributed by atoms with E-state index in [1.165, 1.54) is 5.39 Å². The predicted molar refractivity (Wildman–Crippen MR) is 82.0 cm³/mol. The second-order valence-corrected chi connectivity index (χ2v) is 5.29.